The molecular weight excluding hydrogens is 303 g/mol. The van der Waals surface area contributed by atoms with E-state index in [1.54, 1.807) is 12.1 Å². The zero-order valence-corrected chi connectivity index (χ0v) is 13.9. The number of hydrogen-bond donors (Lipinski definition) is 1. The minimum atomic E-state index is -0.185. The highest BCUT2D eigenvalue weighted by Crippen LogP contribution is 2.21. The molecule has 0 saturated carbocycles. The van der Waals surface area contributed by atoms with E-state index >= 15 is 0 Å². The molecule has 0 aromatic heterocycles. The summed E-state index contributed by atoms with van der Waals surface area (Å²) in [6.45, 7) is 3.28. The molecule has 1 aliphatic heterocycles. The van der Waals surface area contributed by atoms with E-state index in [4.69, 9.17) is 5.73 Å². The van der Waals surface area contributed by atoms with Crippen LogP contribution in [0, 0.1) is 11.7 Å². The third-order valence-electron chi connectivity index (χ3n) is 4.41. The lowest BCUT2D eigenvalue weighted by molar-refractivity contribution is -0.138. The summed E-state index contributed by atoms with van der Waals surface area (Å²) in [4.78, 5) is 14.5. The van der Waals surface area contributed by atoms with E-state index < -0.39 is 0 Å². The Kier molecular flexibility index (Phi) is 7.83. The van der Waals surface area contributed by atoms with Crippen molar-refractivity contribution >= 4 is 18.3 Å². The fraction of sp³-hybridized carbons (Fsp3) is 0.588. The van der Waals surface area contributed by atoms with Gasteiger partial charge in [-0.05, 0) is 43.7 Å². The fourth-order valence-corrected chi connectivity index (χ4v) is 3.02. The number of benzene rings is 1. The smallest absolute Gasteiger partial charge is 0.225 e. The number of nitrogens with zero attached hydrogens (tertiary/aromatic N) is 1. The first kappa shape index (κ1) is 18.9. The second-order valence-electron chi connectivity index (χ2n) is 5.95. The van der Waals surface area contributed by atoms with Crippen molar-refractivity contribution in [2.45, 2.75) is 45.1 Å². The first-order chi connectivity index (χ1) is 10.1. The molecule has 0 spiro atoms. The maximum atomic E-state index is 13.6. The Hall–Kier alpha value is -1.13. The average molecular weight is 329 g/mol. The van der Waals surface area contributed by atoms with Gasteiger partial charge in [-0.25, -0.2) is 4.39 Å². The average Bonchev–Trinajstić information content (AvgIpc) is 2.53. The van der Waals surface area contributed by atoms with Gasteiger partial charge in [0.05, 0.1) is 0 Å². The third kappa shape index (κ3) is 4.68. The predicted octanol–water partition coefficient (Wildman–Crippen LogP) is 3.16. The van der Waals surface area contributed by atoms with Crippen LogP contribution in [-0.4, -0.2) is 29.9 Å². The predicted molar refractivity (Wildman–Crippen MR) is 89.5 cm³/mol. The molecule has 2 atom stereocenters. The van der Waals surface area contributed by atoms with Crippen LogP contribution in [0.25, 0.3) is 0 Å². The zero-order chi connectivity index (χ0) is 15.2. The lowest BCUT2D eigenvalue weighted by Crippen LogP contribution is -2.49. The molecule has 3 nitrogen and oxygen atoms in total. The summed E-state index contributed by atoms with van der Waals surface area (Å²) >= 11 is 0. The van der Waals surface area contributed by atoms with Gasteiger partial charge in [0.1, 0.15) is 5.82 Å². The van der Waals surface area contributed by atoms with E-state index in [-0.39, 0.29) is 36.1 Å². The molecule has 2 rings (SSSR count). The molecule has 1 aliphatic rings. The maximum absolute atomic E-state index is 13.6. The Bertz CT molecular complexity index is 483. The highest BCUT2D eigenvalue weighted by atomic mass is 35.5. The summed E-state index contributed by atoms with van der Waals surface area (Å²) in [5, 5.41) is 0. The standard InChI is InChI=1S/C17H25FN2O.ClH/c1-13(9-10-14-6-2-3-8-16(14)18)17(21)20-11-5-4-7-15(20)12-19;/h2-3,6,8,13,15H,4-5,7,9-12,19H2,1H3;1H. The number of likely N-dealkylation sites (tertiary alicyclic amines) is 1. The van der Waals surface area contributed by atoms with Crippen molar-refractivity contribution in [1.29, 1.82) is 0 Å². The van der Waals surface area contributed by atoms with Crippen LogP contribution in [0.15, 0.2) is 24.3 Å². The molecule has 2 unspecified atom stereocenters. The van der Waals surface area contributed by atoms with E-state index in [1.165, 1.54) is 6.07 Å². The molecule has 0 radical (unpaired) electrons. The van der Waals surface area contributed by atoms with Crippen LogP contribution >= 0.6 is 12.4 Å². The molecule has 124 valence electrons. The minimum absolute atomic E-state index is 0. The molecular formula is C17H26ClFN2O. The summed E-state index contributed by atoms with van der Waals surface area (Å²) in [7, 11) is 0. The van der Waals surface area contributed by atoms with E-state index in [1.807, 2.05) is 17.9 Å². The molecule has 1 aromatic carbocycles. The van der Waals surface area contributed by atoms with Crippen LogP contribution < -0.4 is 5.73 Å². The first-order valence-electron chi connectivity index (χ1n) is 7.87. The summed E-state index contributed by atoms with van der Waals surface area (Å²) in [6.07, 6.45) is 4.48. The summed E-state index contributed by atoms with van der Waals surface area (Å²) < 4.78 is 13.6. The van der Waals surface area contributed by atoms with Crippen molar-refractivity contribution in [3.63, 3.8) is 0 Å². The van der Waals surface area contributed by atoms with Crippen molar-refractivity contribution < 1.29 is 9.18 Å². The number of carbonyl (C=O) groups excluding carboxylic acids is 1. The molecule has 22 heavy (non-hydrogen) atoms. The van der Waals surface area contributed by atoms with Gasteiger partial charge in [-0.1, -0.05) is 25.1 Å². The van der Waals surface area contributed by atoms with E-state index in [0.717, 1.165) is 25.8 Å². The fourth-order valence-electron chi connectivity index (χ4n) is 3.02. The number of hydrogen-bond acceptors (Lipinski definition) is 2. The highest BCUT2D eigenvalue weighted by molar-refractivity contribution is 5.85. The normalized spacial score (nSPS) is 19.4. The van der Waals surface area contributed by atoms with Gasteiger partial charge in [-0.15, -0.1) is 12.4 Å². The van der Waals surface area contributed by atoms with Crippen molar-refractivity contribution in [2.75, 3.05) is 13.1 Å². The van der Waals surface area contributed by atoms with E-state index in [0.29, 0.717) is 24.9 Å². The van der Waals surface area contributed by atoms with Crippen LogP contribution in [0.3, 0.4) is 0 Å². The van der Waals surface area contributed by atoms with E-state index in [2.05, 4.69) is 0 Å². The SMILES string of the molecule is CC(CCc1ccccc1F)C(=O)N1CCCCC1CN.Cl. The van der Waals surface area contributed by atoms with Gasteiger partial charge in [-0.3, -0.25) is 4.79 Å². The Labute approximate surface area is 138 Å². The lowest BCUT2D eigenvalue weighted by Gasteiger charge is -2.36. The monoisotopic (exact) mass is 328 g/mol. The van der Waals surface area contributed by atoms with Gasteiger partial charge in [0, 0.05) is 25.0 Å². The molecule has 0 bridgehead atoms. The van der Waals surface area contributed by atoms with Crippen molar-refractivity contribution in [2.24, 2.45) is 11.7 Å². The van der Waals surface area contributed by atoms with Crippen molar-refractivity contribution in [3.05, 3.63) is 35.6 Å². The maximum Gasteiger partial charge on any atom is 0.225 e. The van der Waals surface area contributed by atoms with Crippen molar-refractivity contribution in [3.8, 4) is 0 Å². The second-order valence-corrected chi connectivity index (χ2v) is 5.95. The third-order valence-corrected chi connectivity index (χ3v) is 4.41. The number of amides is 1. The largest absolute Gasteiger partial charge is 0.338 e. The summed E-state index contributed by atoms with van der Waals surface area (Å²) in [5.41, 5.74) is 6.46. The number of carbonyl (C=O) groups is 1. The minimum Gasteiger partial charge on any atom is -0.338 e. The van der Waals surface area contributed by atoms with Gasteiger partial charge in [0.2, 0.25) is 5.91 Å². The van der Waals surface area contributed by atoms with E-state index in [9.17, 15) is 9.18 Å². The molecule has 1 fully saturated rings. The van der Waals surface area contributed by atoms with Crippen molar-refractivity contribution in [1.82, 2.24) is 4.90 Å². The summed E-state index contributed by atoms with van der Waals surface area (Å²) in [5.74, 6) is -0.104. The topological polar surface area (TPSA) is 46.3 Å². The number of aryl methyl sites for hydroxylation is 1. The molecule has 0 aliphatic carbocycles. The Balaban J connectivity index is 0.00000242. The number of piperidine rings is 1. The lowest BCUT2D eigenvalue weighted by atomic mass is 9.96. The van der Waals surface area contributed by atoms with Gasteiger partial charge in [0.15, 0.2) is 0 Å². The second kappa shape index (κ2) is 9.11. The number of rotatable bonds is 5. The van der Waals surface area contributed by atoms with Crippen LogP contribution in [0.4, 0.5) is 4.39 Å². The Morgan fingerprint density at radius 3 is 2.82 bits per heavy atom. The number of halogens is 2. The van der Waals surface area contributed by atoms with Crippen LogP contribution in [-0.2, 0) is 11.2 Å². The molecule has 5 heteroatoms. The quantitative estimate of drug-likeness (QED) is 0.902. The molecule has 1 aromatic rings. The van der Waals surface area contributed by atoms with Gasteiger partial charge in [-0.2, -0.15) is 0 Å². The van der Waals surface area contributed by atoms with Gasteiger partial charge >= 0.3 is 0 Å². The molecule has 2 N–H and O–H groups in total. The Morgan fingerprint density at radius 1 is 1.41 bits per heavy atom. The molecule has 1 saturated heterocycles. The van der Waals surface area contributed by atoms with Crippen LogP contribution in [0.2, 0.25) is 0 Å². The highest BCUT2D eigenvalue weighted by Gasteiger charge is 2.28. The van der Waals surface area contributed by atoms with Crippen LogP contribution in [0.1, 0.15) is 38.2 Å². The van der Waals surface area contributed by atoms with Gasteiger partial charge < -0.3 is 10.6 Å². The number of nitrogens with two attached hydrogens (primary N) is 1. The molecule has 1 heterocycles. The molecule has 1 amide bonds. The van der Waals surface area contributed by atoms with Gasteiger partial charge in [0.25, 0.3) is 0 Å². The zero-order valence-electron chi connectivity index (χ0n) is 13.1. The van der Waals surface area contributed by atoms with Crippen LogP contribution in [0.5, 0.6) is 0 Å². The summed E-state index contributed by atoms with van der Waals surface area (Å²) in [6, 6.07) is 6.96. The first-order valence-corrected chi connectivity index (χ1v) is 7.87. The Morgan fingerprint density at radius 2 is 2.14 bits per heavy atom.